The fourth-order valence-corrected chi connectivity index (χ4v) is 4.55. The minimum Gasteiger partial charge on any atom is -0.258 e. The first-order chi connectivity index (χ1) is 16.0. The molecule has 0 atom stereocenters. The minimum absolute atomic E-state index is 0.164. The second kappa shape index (κ2) is 8.48. The van der Waals surface area contributed by atoms with Crippen LogP contribution in [0, 0.1) is 6.92 Å². The van der Waals surface area contributed by atoms with Crippen LogP contribution in [0.2, 0.25) is 0 Å². The lowest BCUT2D eigenvalue weighted by Crippen LogP contribution is -2.31. The Kier molecular flexibility index (Phi) is 5.35. The van der Waals surface area contributed by atoms with Crippen LogP contribution in [-0.2, 0) is 16.6 Å². The normalized spacial score (nSPS) is 11.5. The van der Waals surface area contributed by atoms with Crippen molar-refractivity contribution >= 4 is 26.9 Å². The zero-order valence-electron chi connectivity index (χ0n) is 18.0. The molecular formula is C25H22N5O2S+. The van der Waals surface area contributed by atoms with E-state index in [0.717, 1.165) is 11.1 Å². The van der Waals surface area contributed by atoms with E-state index in [-0.39, 0.29) is 10.7 Å². The summed E-state index contributed by atoms with van der Waals surface area (Å²) < 4.78 is 32.6. The molecule has 5 aromatic rings. The first-order valence-corrected chi connectivity index (χ1v) is 11.9. The molecule has 164 valence electrons. The van der Waals surface area contributed by atoms with Gasteiger partial charge in [0.05, 0.1) is 15.9 Å². The zero-order chi connectivity index (χ0) is 22.8. The topological polar surface area (TPSA) is 80.8 Å². The first kappa shape index (κ1) is 20.8. The molecule has 5 rings (SSSR count). The van der Waals surface area contributed by atoms with Gasteiger partial charge in [-0.15, -0.1) is 0 Å². The van der Waals surface area contributed by atoms with E-state index in [1.165, 1.54) is 0 Å². The number of sulfonamides is 1. The average Bonchev–Trinajstić information content (AvgIpc) is 3.27. The summed E-state index contributed by atoms with van der Waals surface area (Å²) in [7, 11) is -3.84. The van der Waals surface area contributed by atoms with Gasteiger partial charge in [0.2, 0.25) is 5.82 Å². The Morgan fingerprint density at radius 3 is 2.27 bits per heavy atom. The number of aromatic nitrogens is 4. The quantitative estimate of drug-likeness (QED) is 0.394. The number of para-hydroxylation sites is 2. The van der Waals surface area contributed by atoms with E-state index in [2.05, 4.69) is 21.8 Å². The predicted molar refractivity (Wildman–Crippen MR) is 127 cm³/mol. The summed E-state index contributed by atoms with van der Waals surface area (Å²) in [6.45, 7) is 2.59. The first-order valence-electron chi connectivity index (χ1n) is 10.5. The van der Waals surface area contributed by atoms with Crippen molar-refractivity contribution in [3.05, 3.63) is 109 Å². The van der Waals surface area contributed by atoms with Crippen molar-refractivity contribution in [3.8, 4) is 5.82 Å². The van der Waals surface area contributed by atoms with E-state index in [1.807, 2.05) is 66.6 Å². The lowest BCUT2D eigenvalue weighted by atomic mass is 10.2. The van der Waals surface area contributed by atoms with E-state index >= 15 is 0 Å². The van der Waals surface area contributed by atoms with Gasteiger partial charge < -0.3 is 0 Å². The zero-order valence-corrected chi connectivity index (χ0v) is 18.8. The molecule has 33 heavy (non-hydrogen) atoms. The van der Waals surface area contributed by atoms with Gasteiger partial charge in [-0.25, -0.2) is 23.0 Å². The molecule has 0 bridgehead atoms. The average molecular weight is 457 g/mol. The second-order valence-electron chi connectivity index (χ2n) is 7.78. The van der Waals surface area contributed by atoms with Crippen LogP contribution in [0.4, 0.5) is 5.82 Å². The van der Waals surface area contributed by atoms with Crippen LogP contribution >= 0.6 is 0 Å². The Hall–Kier alpha value is -4.04. The number of aryl methyl sites for hydroxylation is 1. The molecule has 1 N–H and O–H groups in total. The minimum atomic E-state index is -3.84. The number of nitrogens with one attached hydrogen (secondary N) is 1. The number of hydrogen-bond donors (Lipinski definition) is 1. The van der Waals surface area contributed by atoms with E-state index in [4.69, 9.17) is 4.98 Å². The highest BCUT2D eigenvalue weighted by Crippen LogP contribution is 2.23. The van der Waals surface area contributed by atoms with Crippen molar-refractivity contribution in [2.45, 2.75) is 18.4 Å². The molecule has 0 saturated carbocycles. The summed E-state index contributed by atoms with van der Waals surface area (Å²) in [5.41, 5.74) is 3.42. The summed E-state index contributed by atoms with van der Waals surface area (Å²) in [5, 5.41) is 0. The monoisotopic (exact) mass is 456 g/mol. The van der Waals surface area contributed by atoms with Gasteiger partial charge in [-0.3, -0.25) is 4.72 Å². The second-order valence-corrected chi connectivity index (χ2v) is 9.46. The molecule has 0 spiro atoms. The fourth-order valence-electron chi connectivity index (χ4n) is 3.55. The van der Waals surface area contributed by atoms with Crippen molar-refractivity contribution in [1.29, 1.82) is 0 Å². The van der Waals surface area contributed by atoms with Crippen molar-refractivity contribution in [3.63, 3.8) is 0 Å². The van der Waals surface area contributed by atoms with Gasteiger partial charge in [0.15, 0.2) is 0 Å². The summed E-state index contributed by atoms with van der Waals surface area (Å²) in [6, 6.07) is 24.2. The Balaban J connectivity index is 1.56. The molecule has 2 aromatic heterocycles. The highest BCUT2D eigenvalue weighted by Gasteiger charge is 2.22. The molecule has 0 aliphatic heterocycles. The van der Waals surface area contributed by atoms with Crippen LogP contribution in [0.3, 0.4) is 0 Å². The van der Waals surface area contributed by atoms with Gasteiger partial charge in [-0.2, -0.15) is 4.57 Å². The van der Waals surface area contributed by atoms with Gasteiger partial charge >= 0.3 is 0 Å². The largest absolute Gasteiger partial charge is 0.270 e. The number of rotatable bonds is 6. The summed E-state index contributed by atoms with van der Waals surface area (Å²) in [5.74, 6) is 0.563. The third-order valence-corrected chi connectivity index (χ3v) is 6.61. The van der Waals surface area contributed by atoms with Gasteiger partial charge in [-0.1, -0.05) is 60.2 Å². The maximum atomic E-state index is 13.1. The van der Waals surface area contributed by atoms with Crippen molar-refractivity contribution in [2.75, 3.05) is 4.72 Å². The van der Waals surface area contributed by atoms with Crippen LogP contribution in [0.5, 0.6) is 0 Å². The molecule has 0 unspecified atom stereocenters. The van der Waals surface area contributed by atoms with Crippen molar-refractivity contribution in [1.82, 2.24) is 14.5 Å². The van der Waals surface area contributed by atoms with Crippen LogP contribution in [-0.4, -0.2) is 23.0 Å². The smallest absolute Gasteiger partial charge is 0.258 e. The van der Waals surface area contributed by atoms with E-state index in [1.54, 1.807) is 34.9 Å². The van der Waals surface area contributed by atoms with Crippen molar-refractivity contribution < 1.29 is 13.0 Å². The molecule has 8 heteroatoms. The Morgan fingerprint density at radius 1 is 0.879 bits per heavy atom. The van der Waals surface area contributed by atoms with Gasteiger partial charge in [0, 0.05) is 0 Å². The number of hydrogen-bond acceptors (Lipinski definition) is 4. The molecule has 7 nitrogen and oxygen atoms in total. The highest BCUT2D eigenvalue weighted by atomic mass is 32.2. The number of imidazole rings is 1. The third kappa shape index (κ3) is 4.47. The lowest BCUT2D eigenvalue weighted by molar-refractivity contribution is -0.687. The number of nitrogens with zero attached hydrogens (tertiary/aromatic N) is 4. The molecule has 3 aromatic carbocycles. The van der Waals surface area contributed by atoms with Crippen LogP contribution in [0.15, 0.2) is 102 Å². The van der Waals surface area contributed by atoms with Gasteiger partial charge in [0.25, 0.3) is 22.2 Å². The summed E-state index contributed by atoms with van der Waals surface area (Å²) in [6.07, 6.45) is 5.63. The molecule has 0 amide bonds. The number of benzene rings is 3. The molecule has 0 aliphatic carbocycles. The molecular weight excluding hydrogens is 434 g/mol. The summed E-state index contributed by atoms with van der Waals surface area (Å²) >= 11 is 0. The Bertz CT molecular complexity index is 1530. The van der Waals surface area contributed by atoms with Gasteiger partial charge in [-0.05, 0) is 36.8 Å². The van der Waals surface area contributed by atoms with Crippen LogP contribution in [0.1, 0.15) is 11.1 Å². The Labute approximate surface area is 192 Å². The third-order valence-electron chi connectivity index (χ3n) is 5.26. The number of fused-ring (bicyclic) bond motifs is 1. The standard InChI is InChI=1S/C25H22N5O2S/c1-19-11-13-21(14-12-19)33(31,32)28-24-25(27-23-10-6-5-9-22(23)26-24)30-16-15-29(18-30)17-20-7-3-2-4-8-20/h2-16,18H,17H2,1H3,(H,26,28)/q+1. The predicted octanol–water partition coefficient (Wildman–Crippen LogP) is 3.87. The number of anilines is 1. The van der Waals surface area contributed by atoms with E-state index < -0.39 is 10.0 Å². The molecule has 2 heterocycles. The fraction of sp³-hybridized carbons (Fsp3) is 0.0800. The molecule has 0 aliphatic rings. The van der Waals surface area contributed by atoms with Crippen LogP contribution in [0.25, 0.3) is 16.9 Å². The van der Waals surface area contributed by atoms with Gasteiger partial charge in [0.1, 0.15) is 18.9 Å². The molecule has 0 radical (unpaired) electrons. The maximum absolute atomic E-state index is 13.1. The SMILES string of the molecule is Cc1ccc(S(=O)(=O)Nc2nc3ccccc3nc2-n2cc[n+](Cc3ccccc3)c2)cc1. The molecule has 0 fully saturated rings. The Morgan fingerprint density at radius 2 is 1.55 bits per heavy atom. The van der Waals surface area contributed by atoms with E-state index in [9.17, 15) is 8.42 Å². The van der Waals surface area contributed by atoms with E-state index in [0.29, 0.717) is 23.4 Å². The van der Waals surface area contributed by atoms with Crippen molar-refractivity contribution in [2.24, 2.45) is 0 Å². The highest BCUT2D eigenvalue weighted by molar-refractivity contribution is 7.92. The van der Waals surface area contributed by atoms with Crippen LogP contribution < -0.4 is 9.29 Å². The summed E-state index contributed by atoms with van der Waals surface area (Å²) in [4.78, 5) is 9.48. The lowest BCUT2D eigenvalue weighted by Gasteiger charge is -2.10. The maximum Gasteiger partial charge on any atom is 0.270 e. The molecule has 0 saturated heterocycles.